The van der Waals surface area contributed by atoms with E-state index in [1.54, 1.807) is 0 Å². The van der Waals surface area contributed by atoms with Crippen LogP contribution in [0, 0.1) is 0 Å². The maximum atomic E-state index is 5.95. The van der Waals surface area contributed by atoms with Crippen molar-refractivity contribution in [2.24, 2.45) is 10.7 Å². The highest BCUT2D eigenvalue weighted by Gasteiger charge is 2.07. The summed E-state index contributed by atoms with van der Waals surface area (Å²) in [5.41, 5.74) is 6.71. The summed E-state index contributed by atoms with van der Waals surface area (Å²) in [5, 5.41) is 3.09. The second-order valence-corrected chi connectivity index (χ2v) is 4.81. The van der Waals surface area contributed by atoms with E-state index in [1.807, 2.05) is 32.0 Å². The molecule has 0 aliphatic heterocycles. The van der Waals surface area contributed by atoms with Crippen LogP contribution in [0.3, 0.4) is 0 Å². The number of guanidine groups is 1. The molecular weight excluding hydrogens is 280 g/mol. The lowest BCUT2D eigenvalue weighted by atomic mass is 10.2. The van der Waals surface area contributed by atoms with Gasteiger partial charge < -0.3 is 25.4 Å². The number of nitrogens with one attached hydrogen (secondary N) is 1. The Morgan fingerprint density at radius 3 is 2.59 bits per heavy atom. The molecular formula is C16H28N4O2. The quantitative estimate of drug-likeness (QED) is 0.540. The van der Waals surface area contributed by atoms with E-state index < -0.39 is 0 Å². The van der Waals surface area contributed by atoms with Gasteiger partial charge in [-0.25, -0.2) is 0 Å². The molecule has 0 unspecified atom stereocenters. The Hall–Kier alpha value is -1.95. The van der Waals surface area contributed by atoms with Gasteiger partial charge >= 0.3 is 0 Å². The van der Waals surface area contributed by atoms with E-state index in [4.69, 9.17) is 15.2 Å². The fourth-order valence-corrected chi connectivity index (χ4v) is 1.82. The summed E-state index contributed by atoms with van der Waals surface area (Å²) in [6.45, 7) is 9.71. The highest BCUT2D eigenvalue weighted by atomic mass is 16.5. The van der Waals surface area contributed by atoms with E-state index >= 15 is 0 Å². The molecule has 1 aromatic rings. The number of hydrogen-bond donors (Lipinski definition) is 2. The number of ether oxygens (including phenoxy) is 2. The minimum atomic E-state index is 0.374. The summed E-state index contributed by atoms with van der Waals surface area (Å²) in [4.78, 5) is 6.51. The van der Waals surface area contributed by atoms with Gasteiger partial charge in [-0.05, 0) is 39.6 Å². The summed E-state index contributed by atoms with van der Waals surface area (Å²) in [6.07, 6.45) is 0. The van der Waals surface area contributed by atoms with Crippen molar-refractivity contribution in [2.75, 3.05) is 45.2 Å². The van der Waals surface area contributed by atoms with Crippen LogP contribution in [0.5, 0.6) is 11.5 Å². The second-order valence-electron chi connectivity index (χ2n) is 4.81. The van der Waals surface area contributed by atoms with Crippen molar-refractivity contribution in [1.29, 1.82) is 0 Å². The van der Waals surface area contributed by atoms with Crippen LogP contribution in [-0.4, -0.2) is 50.8 Å². The summed E-state index contributed by atoms with van der Waals surface area (Å²) in [7, 11) is 2.05. The highest BCUT2D eigenvalue weighted by molar-refractivity contribution is 5.94. The maximum absolute atomic E-state index is 5.95. The molecule has 0 aliphatic rings. The largest absolute Gasteiger partial charge is 0.494 e. The number of aliphatic imine (C=N–C) groups is 1. The van der Waals surface area contributed by atoms with Gasteiger partial charge in [0.05, 0.1) is 25.4 Å². The molecule has 0 bridgehead atoms. The van der Waals surface area contributed by atoms with Crippen molar-refractivity contribution >= 4 is 11.6 Å². The first kappa shape index (κ1) is 18.1. The van der Waals surface area contributed by atoms with Gasteiger partial charge in [0.15, 0.2) is 5.96 Å². The average molecular weight is 308 g/mol. The minimum Gasteiger partial charge on any atom is -0.494 e. The Morgan fingerprint density at radius 1 is 1.23 bits per heavy atom. The fraction of sp³-hybridized carbons (Fsp3) is 0.562. The molecule has 0 amide bonds. The van der Waals surface area contributed by atoms with Crippen LogP contribution in [0.15, 0.2) is 23.2 Å². The van der Waals surface area contributed by atoms with Gasteiger partial charge in [-0.3, -0.25) is 4.99 Å². The summed E-state index contributed by atoms with van der Waals surface area (Å²) in [6, 6.07) is 5.62. The van der Waals surface area contributed by atoms with Crippen LogP contribution in [-0.2, 0) is 0 Å². The van der Waals surface area contributed by atoms with Crippen LogP contribution < -0.4 is 20.5 Å². The Kier molecular flexibility index (Phi) is 8.14. The van der Waals surface area contributed by atoms with Crippen LogP contribution in [0.25, 0.3) is 0 Å². The molecule has 0 fully saturated rings. The van der Waals surface area contributed by atoms with Crippen molar-refractivity contribution in [3.63, 3.8) is 0 Å². The van der Waals surface area contributed by atoms with Crippen LogP contribution >= 0.6 is 0 Å². The van der Waals surface area contributed by atoms with Gasteiger partial charge in [0.2, 0.25) is 0 Å². The van der Waals surface area contributed by atoms with Gasteiger partial charge in [-0.2, -0.15) is 0 Å². The van der Waals surface area contributed by atoms with E-state index in [0.29, 0.717) is 25.7 Å². The van der Waals surface area contributed by atoms with E-state index in [9.17, 15) is 0 Å². The lowest BCUT2D eigenvalue weighted by Gasteiger charge is -2.14. The lowest BCUT2D eigenvalue weighted by Crippen LogP contribution is -2.26. The number of rotatable bonds is 9. The van der Waals surface area contributed by atoms with Crippen molar-refractivity contribution in [1.82, 2.24) is 4.90 Å². The normalized spacial score (nSPS) is 11.6. The Balaban J connectivity index is 2.75. The van der Waals surface area contributed by atoms with Gasteiger partial charge in [0, 0.05) is 12.6 Å². The predicted octanol–water partition coefficient (Wildman–Crippen LogP) is 2.16. The number of hydrogen-bond acceptors (Lipinski definition) is 4. The SMILES string of the molecule is CCOc1ccc(OCC)c(NC(N)=NCCN(C)CC)c1. The van der Waals surface area contributed by atoms with Crippen molar-refractivity contribution in [2.45, 2.75) is 20.8 Å². The molecule has 0 spiro atoms. The third-order valence-electron chi connectivity index (χ3n) is 3.13. The minimum absolute atomic E-state index is 0.374. The first-order chi connectivity index (χ1) is 10.6. The molecule has 0 radical (unpaired) electrons. The topological polar surface area (TPSA) is 72.1 Å². The number of anilines is 1. The number of benzene rings is 1. The molecule has 0 aliphatic carbocycles. The molecule has 0 aromatic heterocycles. The predicted molar refractivity (Wildman–Crippen MR) is 92.1 cm³/mol. The lowest BCUT2D eigenvalue weighted by molar-refractivity contribution is 0.332. The molecule has 6 heteroatoms. The molecule has 6 nitrogen and oxygen atoms in total. The maximum Gasteiger partial charge on any atom is 0.193 e. The number of nitrogens with two attached hydrogens (primary N) is 1. The molecule has 0 heterocycles. The second kappa shape index (κ2) is 9.89. The van der Waals surface area contributed by atoms with Gasteiger partial charge in [-0.15, -0.1) is 0 Å². The highest BCUT2D eigenvalue weighted by Crippen LogP contribution is 2.29. The molecule has 1 aromatic carbocycles. The third kappa shape index (κ3) is 6.22. The van der Waals surface area contributed by atoms with Crippen molar-refractivity contribution in [3.8, 4) is 11.5 Å². The monoisotopic (exact) mass is 308 g/mol. The molecule has 0 saturated carbocycles. The third-order valence-corrected chi connectivity index (χ3v) is 3.13. The first-order valence-electron chi connectivity index (χ1n) is 7.75. The fourth-order valence-electron chi connectivity index (χ4n) is 1.82. The molecule has 124 valence electrons. The molecule has 0 saturated heterocycles. The van der Waals surface area contributed by atoms with E-state index in [1.165, 1.54) is 0 Å². The Labute approximate surface area is 133 Å². The molecule has 0 atom stereocenters. The first-order valence-corrected chi connectivity index (χ1v) is 7.75. The van der Waals surface area contributed by atoms with Gasteiger partial charge in [-0.1, -0.05) is 6.92 Å². The van der Waals surface area contributed by atoms with Crippen LogP contribution in [0.1, 0.15) is 20.8 Å². The Bertz CT molecular complexity index is 477. The average Bonchev–Trinajstić information content (AvgIpc) is 2.50. The summed E-state index contributed by atoms with van der Waals surface area (Å²) < 4.78 is 11.1. The van der Waals surface area contributed by atoms with Crippen molar-refractivity contribution in [3.05, 3.63) is 18.2 Å². The Morgan fingerprint density at radius 2 is 1.95 bits per heavy atom. The molecule has 3 N–H and O–H groups in total. The number of likely N-dealkylation sites (N-methyl/N-ethyl adjacent to an activating group) is 1. The van der Waals surface area contributed by atoms with Crippen LogP contribution in [0.4, 0.5) is 5.69 Å². The van der Waals surface area contributed by atoms with Crippen molar-refractivity contribution < 1.29 is 9.47 Å². The van der Waals surface area contributed by atoms with Gasteiger partial charge in [0.25, 0.3) is 0 Å². The summed E-state index contributed by atoms with van der Waals surface area (Å²) in [5.74, 6) is 1.88. The van der Waals surface area contributed by atoms with E-state index in [-0.39, 0.29) is 0 Å². The van der Waals surface area contributed by atoms with E-state index in [0.717, 1.165) is 30.3 Å². The standard InChI is InChI=1S/C16H28N4O2/c1-5-20(4)11-10-18-16(17)19-14-12-13(21-6-2)8-9-15(14)22-7-3/h8-9,12H,5-7,10-11H2,1-4H3,(H3,17,18,19). The zero-order chi connectivity index (χ0) is 16.4. The van der Waals surface area contributed by atoms with Gasteiger partial charge in [0.1, 0.15) is 11.5 Å². The zero-order valence-corrected chi connectivity index (χ0v) is 14.1. The molecule has 1 rings (SSSR count). The smallest absolute Gasteiger partial charge is 0.193 e. The summed E-state index contributed by atoms with van der Waals surface area (Å²) >= 11 is 0. The van der Waals surface area contributed by atoms with E-state index in [2.05, 4.69) is 29.2 Å². The zero-order valence-electron chi connectivity index (χ0n) is 14.1. The van der Waals surface area contributed by atoms with Crippen LogP contribution in [0.2, 0.25) is 0 Å². The molecule has 22 heavy (non-hydrogen) atoms. The number of nitrogens with zero attached hydrogens (tertiary/aromatic N) is 2.